The standard InChI is InChI=1S/C12H12F4N2/c1-8-2-4-18(5-3-8)11-10(13)6-9(7-17-11)12(14,15)16/h6-7H,1-5H2. The van der Waals surface area contributed by atoms with Gasteiger partial charge in [-0.2, -0.15) is 13.2 Å². The largest absolute Gasteiger partial charge is 0.417 e. The molecule has 2 rings (SSSR count). The Bertz CT molecular complexity index is 458. The molecule has 2 nitrogen and oxygen atoms in total. The first-order valence-electron chi connectivity index (χ1n) is 5.52. The maximum Gasteiger partial charge on any atom is 0.417 e. The van der Waals surface area contributed by atoms with Gasteiger partial charge in [-0.15, -0.1) is 0 Å². The molecule has 0 atom stereocenters. The van der Waals surface area contributed by atoms with Crippen LogP contribution in [-0.4, -0.2) is 18.1 Å². The van der Waals surface area contributed by atoms with Gasteiger partial charge in [-0.1, -0.05) is 12.2 Å². The molecule has 1 aromatic rings. The molecule has 1 fully saturated rings. The summed E-state index contributed by atoms with van der Waals surface area (Å²) in [5, 5.41) is 0. The van der Waals surface area contributed by atoms with Crippen molar-refractivity contribution in [2.24, 2.45) is 0 Å². The molecule has 0 aliphatic carbocycles. The molecule has 0 N–H and O–H groups in total. The number of hydrogen-bond acceptors (Lipinski definition) is 2. The minimum atomic E-state index is -4.57. The van der Waals surface area contributed by atoms with Crippen LogP contribution in [0.4, 0.5) is 23.4 Å². The lowest BCUT2D eigenvalue weighted by Crippen LogP contribution is -2.32. The Kier molecular flexibility index (Phi) is 3.28. The van der Waals surface area contributed by atoms with Crippen molar-refractivity contribution in [2.45, 2.75) is 19.0 Å². The van der Waals surface area contributed by atoms with Gasteiger partial charge in [0, 0.05) is 19.3 Å². The molecular formula is C12H12F4N2. The monoisotopic (exact) mass is 260 g/mol. The third kappa shape index (κ3) is 2.63. The zero-order valence-corrected chi connectivity index (χ0v) is 9.60. The van der Waals surface area contributed by atoms with Crippen LogP contribution in [0, 0.1) is 5.82 Å². The van der Waals surface area contributed by atoms with E-state index >= 15 is 0 Å². The number of nitrogens with zero attached hydrogens (tertiary/aromatic N) is 2. The first-order chi connectivity index (χ1) is 8.38. The summed E-state index contributed by atoms with van der Waals surface area (Å²) in [4.78, 5) is 5.24. The summed E-state index contributed by atoms with van der Waals surface area (Å²) in [7, 11) is 0. The van der Waals surface area contributed by atoms with E-state index in [-0.39, 0.29) is 5.82 Å². The Morgan fingerprint density at radius 1 is 1.22 bits per heavy atom. The quantitative estimate of drug-likeness (QED) is 0.568. The van der Waals surface area contributed by atoms with E-state index in [1.54, 1.807) is 4.90 Å². The van der Waals surface area contributed by atoms with E-state index < -0.39 is 17.6 Å². The van der Waals surface area contributed by atoms with Gasteiger partial charge < -0.3 is 4.90 Å². The van der Waals surface area contributed by atoms with Gasteiger partial charge in [0.1, 0.15) is 0 Å². The predicted molar refractivity (Wildman–Crippen MR) is 59.8 cm³/mol. The van der Waals surface area contributed by atoms with E-state index in [0.717, 1.165) is 5.57 Å². The number of hydrogen-bond donors (Lipinski definition) is 0. The van der Waals surface area contributed by atoms with Gasteiger partial charge in [-0.3, -0.25) is 0 Å². The van der Waals surface area contributed by atoms with Crippen molar-refractivity contribution in [1.82, 2.24) is 4.98 Å². The number of rotatable bonds is 1. The number of anilines is 1. The lowest BCUT2D eigenvalue weighted by atomic mass is 10.1. The minimum Gasteiger partial charge on any atom is -0.354 e. The molecule has 0 radical (unpaired) electrons. The second kappa shape index (κ2) is 4.59. The fraction of sp³-hybridized carbons (Fsp3) is 0.417. The average molecular weight is 260 g/mol. The van der Waals surface area contributed by atoms with Crippen molar-refractivity contribution in [3.63, 3.8) is 0 Å². The predicted octanol–water partition coefficient (Wildman–Crippen LogP) is 3.40. The number of aromatic nitrogens is 1. The highest BCUT2D eigenvalue weighted by atomic mass is 19.4. The van der Waals surface area contributed by atoms with Crippen molar-refractivity contribution in [2.75, 3.05) is 18.0 Å². The smallest absolute Gasteiger partial charge is 0.354 e. The molecule has 1 aliphatic heterocycles. The van der Waals surface area contributed by atoms with Crippen LogP contribution in [0.1, 0.15) is 18.4 Å². The molecule has 1 saturated heterocycles. The number of alkyl halides is 3. The highest BCUT2D eigenvalue weighted by Crippen LogP contribution is 2.31. The van der Waals surface area contributed by atoms with E-state index in [4.69, 9.17) is 0 Å². The summed E-state index contributed by atoms with van der Waals surface area (Å²) in [6.07, 6.45) is -2.48. The number of piperidine rings is 1. The minimum absolute atomic E-state index is 0.0181. The summed E-state index contributed by atoms with van der Waals surface area (Å²) >= 11 is 0. The summed E-state index contributed by atoms with van der Waals surface area (Å²) in [5.41, 5.74) is 0.00346. The molecule has 1 aromatic heterocycles. The Hall–Kier alpha value is -1.59. The van der Waals surface area contributed by atoms with Crippen molar-refractivity contribution in [3.8, 4) is 0 Å². The zero-order chi connectivity index (χ0) is 13.3. The summed E-state index contributed by atoms with van der Waals surface area (Å²) < 4.78 is 50.7. The molecule has 0 amide bonds. The van der Waals surface area contributed by atoms with Crippen LogP contribution >= 0.6 is 0 Å². The van der Waals surface area contributed by atoms with Gasteiger partial charge in [0.25, 0.3) is 0 Å². The number of pyridine rings is 1. The Morgan fingerprint density at radius 3 is 2.33 bits per heavy atom. The van der Waals surface area contributed by atoms with E-state index in [1.807, 2.05) is 0 Å². The topological polar surface area (TPSA) is 16.1 Å². The van der Waals surface area contributed by atoms with Gasteiger partial charge in [-0.25, -0.2) is 9.37 Å². The summed E-state index contributed by atoms with van der Waals surface area (Å²) in [5.74, 6) is -0.951. The van der Waals surface area contributed by atoms with E-state index in [0.29, 0.717) is 38.2 Å². The van der Waals surface area contributed by atoms with E-state index in [9.17, 15) is 17.6 Å². The van der Waals surface area contributed by atoms with Crippen LogP contribution < -0.4 is 4.90 Å². The van der Waals surface area contributed by atoms with Crippen molar-refractivity contribution in [1.29, 1.82) is 0 Å². The molecule has 0 unspecified atom stereocenters. The molecule has 1 aliphatic rings. The first-order valence-corrected chi connectivity index (χ1v) is 5.52. The van der Waals surface area contributed by atoms with Gasteiger partial charge in [0.2, 0.25) is 0 Å². The van der Waals surface area contributed by atoms with Gasteiger partial charge in [0.15, 0.2) is 11.6 Å². The Morgan fingerprint density at radius 2 is 1.83 bits per heavy atom. The lowest BCUT2D eigenvalue weighted by molar-refractivity contribution is -0.138. The second-order valence-electron chi connectivity index (χ2n) is 4.26. The molecule has 2 heterocycles. The fourth-order valence-corrected chi connectivity index (χ4v) is 1.85. The molecule has 6 heteroatoms. The van der Waals surface area contributed by atoms with E-state index in [1.165, 1.54) is 0 Å². The average Bonchev–Trinajstić information content (AvgIpc) is 2.29. The SMILES string of the molecule is C=C1CCN(c2ncc(C(F)(F)F)cc2F)CC1. The Balaban J connectivity index is 2.22. The molecule has 18 heavy (non-hydrogen) atoms. The van der Waals surface area contributed by atoms with Crippen molar-refractivity contribution >= 4 is 5.82 Å². The van der Waals surface area contributed by atoms with Crippen molar-refractivity contribution in [3.05, 3.63) is 35.8 Å². The second-order valence-corrected chi connectivity index (χ2v) is 4.26. The van der Waals surface area contributed by atoms with Crippen LogP contribution in [0.5, 0.6) is 0 Å². The maximum atomic E-state index is 13.6. The third-order valence-electron chi connectivity index (χ3n) is 2.92. The van der Waals surface area contributed by atoms with Crippen LogP contribution in [0.2, 0.25) is 0 Å². The number of halogens is 4. The van der Waals surface area contributed by atoms with Gasteiger partial charge in [-0.05, 0) is 18.9 Å². The van der Waals surface area contributed by atoms with E-state index in [2.05, 4.69) is 11.6 Å². The van der Waals surface area contributed by atoms with Gasteiger partial charge >= 0.3 is 6.18 Å². The fourth-order valence-electron chi connectivity index (χ4n) is 1.85. The summed E-state index contributed by atoms with van der Waals surface area (Å²) in [6, 6.07) is 0.492. The molecule has 0 aromatic carbocycles. The first kappa shape index (κ1) is 12.9. The molecule has 0 saturated carbocycles. The van der Waals surface area contributed by atoms with Crippen LogP contribution in [0.25, 0.3) is 0 Å². The molecular weight excluding hydrogens is 248 g/mol. The molecule has 98 valence electrons. The maximum absolute atomic E-state index is 13.6. The van der Waals surface area contributed by atoms with Crippen LogP contribution in [0.3, 0.4) is 0 Å². The molecule has 0 spiro atoms. The van der Waals surface area contributed by atoms with Crippen molar-refractivity contribution < 1.29 is 17.6 Å². The highest BCUT2D eigenvalue weighted by Gasteiger charge is 2.32. The van der Waals surface area contributed by atoms with Gasteiger partial charge in [0.05, 0.1) is 5.56 Å². The summed E-state index contributed by atoms with van der Waals surface area (Å²) in [6.45, 7) is 4.89. The highest BCUT2D eigenvalue weighted by molar-refractivity contribution is 5.43. The molecule has 0 bridgehead atoms. The van der Waals surface area contributed by atoms with Crippen LogP contribution in [0.15, 0.2) is 24.4 Å². The Labute approximate surface area is 102 Å². The zero-order valence-electron chi connectivity index (χ0n) is 9.60. The normalized spacial score (nSPS) is 17.1. The third-order valence-corrected chi connectivity index (χ3v) is 2.92. The lowest BCUT2D eigenvalue weighted by Gasteiger charge is -2.29. The van der Waals surface area contributed by atoms with Crippen LogP contribution in [-0.2, 0) is 6.18 Å².